The van der Waals surface area contributed by atoms with E-state index in [9.17, 15) is 4.79 Å². The van der Waals surface area contributed by atoms with E-state index in [1.54, 1.807) is 0 Å². The molecule has 112 valence electrons. The Bertz CT molecular complexity index is 379. The molecule has 20 heavy (non-hydrogen) atoms. The van der Waals surface area contributed by atoms with Crippen molar-refractivity contribution in [2.24, 2.45) is 11.7 Å². The van der Waals surface area contributed by atoms with Crippen LogP contribution in [0, 0.1) is 5.92 Å². The highest BCUT2D eigenvalue weighted by Gasteiger charge is 2.11. The zero-order valence-corrected chi connectivity index (χ0v) is 12.6. The average molecular weight is 277 g/mol. The van der Waals surface area contributed by atoms with Gasteiger partial charge in [-0.2, -0.15) is 0 Å². The van der Waals surface area contributed by atoms with Crippen molar-refractivity contribution in [2.75, 3.05) is 26.2 Å². The highest BCUT2D eigenvalue weighted by atomic mass is 16.2. The summed E-state index contributed by atoms with van der Waals surface area (Å²) >= 11 is 0. The van der Waals surface area contributed by atoms with Crippen LogP contribution in [0.4, 0.5) is 0 Å². The lowest BCUT2D eigenvalue weighted by molar-refractivity contribution is -0.122. The van der Waals surface area contributed by atoms with Gasteiger partial charge in [-0.05, 0) is 24.4 Å². The van der Waals surface area contributed by atoms with Crippen LogP contribution in [0.2, 0.25) is 0 Å². The number of nitrogens with two attached hydrogens (primary N) is 1. The molecule has 1 aromatic rings. The van der Waals surface area contributed by atoms with Gasteiger partial charge < -0.3 is 11.1 Å². The fraction of sp³-hybridized carbons (Fsp3) is 0.562. The van der Waals surface area contributed by atoms with Crippen LogP contribution in [-0.2, 0) is 11.3 Å². The van der Waals surface area contributed by atoms with Crippen molar-refractivity contribution in [3.63, 3.8) is 0 Å². The molecule has 1 rings (SSSR count). The Kier molecular flexibility index (Phi) is 7.92. The van der Waals surface area contributed by atoms with Crippen LogP contribution in [0.1, 0.15) is 25.8 Å². The first-order valence-electron chi connectivity index (χ1n) is 7.35. The second-order valence-electron chi connectivity index (χ2n) is 5.54. The standard InChI is InChI=1S/C16H27N3O/c1-14(2)11-18-16(20)13-19(10-6-9-17)12-15-7-4-3-5-8-15/h3-5,7-8,14H,6,9-13,17H2,1-2H3,(H,18,20). The van der Waals surface area contributed by atoms with Crippen LogP contribution in [-0.4, -0.2) is 37.0 Å². The molecule has 4 nitrogen and oxygen atoms in total. The molecule has 0 unspecified atom stereocenters. The number of hydrogen-bond acceptors (Lipinski definition) is 3. The Morgan fingerprint density at radius 3 is 2.60 bits per heavy atom. The van der Waals surface area contributed by atoms with E-state index in [-0.39, 0.29) is 5.91 Å². The van der Waals surface area contributed by atoms with Crippen LogP contribution >= 0.6 is 0 Å². The van der Waals surface area contributed by atoms with E-state index in [4.69, 9.17) is 5.73 Å². The van der Waals surface area contributed by atoms with Gasteiger partial charge in [-0.3, -0.25) is 9.69 Å². The lowest BCUT2D eigenvalue weighted by Gasteiger charge is -2.22. The molecule has 0 aliphatic carbocycles. The van der Waals surface area contributed by atoms with Gasteiger partial charge in [-0.15, -0.1) is 0 Å². The first-order valence-corrected chi connectivity index (χ1v) is 7.35. The average Bonchev–Trinajstić information content (AvgIpc) is 2.43. The fourth-order valence-corrected chi connectivity index (χ4v) is 1.95. The SMILES string of the molecule is CC(C)CNC(=O)CN(CCCN)Cc1ccccc1. The van der Waals surface area contributed by atoms with Crippen LogP contribution < -0.4 is 11.1 Å². The molecule has 0 bridgehead atoms. The summed E-state index contributed by atoms with van der Waals surface area (Å²) in [6.07, 6.45) is 0.907. The topological polar surface area (TPSA) is 58.4 Å². The highest BCUT2D eigenvalue weighted by Crippen LogP contribution is 2.04. The third-order valence-electron chi connectivity index (χ3n) is 3.00. The predicted octanol–water partition coefficient (Wildman–Crippen LogP) is 1.61. The zero-order valence-electron chi connectivity index (χ0n) is 12.6. The molecule has 1 aromatic carbocycles. The van der Waals surface area contributed by atoms with Gasteiger partial charge in [-0.1, -0.05) is 44.2 Å². The summed E-state index contributed by atoms with van der Waals surface area (Å²) in [5.74, 6) is 0.567. The molecule has 4 heteroatoms. The van der Waals surface area contributed by atoms with Crippen LogP contribution in [0.5, 0.6) is 0 Å². The first-order chi connectivity index (χ1) is 9.61. The molecule has 0 atom stereocenters. The molecular weight excluding hydrogens is 250 g/mol. The Balaban J connectivity index is 2.48. The number of carbonyl (C=O) groups is 1. The number of nitrogens with one attached hydrogen (secondary N) is 1. The maximum atomic E-state index is 11.9. The van der Waals surface area contributed by atoms with Crippen molar-refractivity contribution < 1.29 is 4.79 Å². The summed E-state index contributed by atoms with van der Waals surface area (Å²) < 4.78 is 0. The van der Waals surface area contributed by atoms with E-state index in [1.807, 2.05) is 18.2 Å². The number of benzene rings is 1. The second kappa shape index (κ2) is 9.50. The van der Waals surface area contributed by atoms with Crippen molar-refractivity contribution >= 4 is 5.91 Å². The normalized spacial score (nSPS) is 11.1. The molecule has 0 aliphatic heterocycles. The minimum Gasteiger partial charge on any atom is -0.355 e. The third-order valence-corrected chi connectivity index (χ3v) is 3.00. The molecule has 0 aliphatic rings. The summed E-state index contributed by atoms with van der Waals surface area (Å²) in [6, 6.07) is 10.2. The van der Waals surface area contributed by atoms with E-state index in [2.05, 4.69) is 36.2 Å². The molecule has 0 radical (unpaired) electrons. The van der Waals surface area contributed by atoms with E-state index >= 15 is 0 Å². The molecule has 0 aromatic heterocycles. The van der Waals surface area contributed by atoms with Crippen molar-refractivity contribution in [3.05, 3.63) is 35.9 Å². The van der Waals surface area contributed by atoms with Crippen molar-refractivity contribution in [3.8, 4) is 0 Å². The molecule has 0 heterocycles. The lowest BCUT2D eigenvalue weighted by atomic mass is 10.2. The van der Waals surface area contributed by atoms with E-state index in [1.165, 1.54) is 5.56 Å². The molecule has 1 amide bonds. The van der Waals surface area contributed by atoms with Crippen LogP contribution in [0.3, 0.4) is 0 Å². The Morgan fingerprint density at radius 2 is 2.00 bits per heavy atom. The summed E-state index contributed by atoms with van der Waals surface area (Å²) in [4.78, 5) is 14.1. The number of amides is 1. The van der Waals surface area contributed by atoms with Gasteiger partial charge in [0.25, 0.3) is 0 Å². The minimum absolute atomic E-state index is 0.0895. The van der Waals surface area contributed by atoms with Gasteiger partial charge in [0.2, 0.25) is 5.91 Å². The molecular formula is C16H27N3O. The van der Waals surface area contributed by atoms with Crippen molar-refractivity contribution in [2.45, 2.75) is 26.8 Å². The van der Waals surface area contributed by atoms with Crippen molar-refractivity contribution in [1.29, 1.82) is 0 Å². The lowest BCUT2D eigenvalue weighted by Crippen LogP contribution is -2.39. The number of rotatable bonds is 9. The maximum absolute atomic E-state index is 11.9. The molecule has 0 saturated carbocycles. The quantitative estimate of drug-likeness (QED) is 0.721. The number of hydrogen-bond donors (Lipinski definition) is 2. The Labute approximate surface area is 122 Å². The molecule has 0 fully saturated rings. The van der Waals surface area contributed by atoms with Gasteiger partial charge in [0.1, 0.15) is 0 Å². The summed E-state index contributed by atoms with van der Waals surface area (Å²) in [5.41, 5.74) is 6.80. The third kappa shape index (κ3) is 7.26. The molecule has 0 spiro atoms. The zero-order chi connectivity index (χ0) is 14.8. The van der Waals surface area contributed by atoms with E-state index in [0.29, 0.717) is 19.0 Å². The minimum atomic E-state index is 0.0895. The van der Waals surface area contributed by atoms with Gasteiger partial charge in [0, 0.05) is 19.6 Å². The highest BCUT2D eigenvalue weighted by molar-refractivity contribution is 5.78. The number of nitrogens with zero attached hydrogens (tertiary/aromatic N) is 1. The molecule has 3 N–H and O–H groups in total. The summed E-state index contributed by atoms with van der Waals surface area (Å²) in [5, 5.41) is 2.96. The smallest absolute Gasteiger partial charge is 0.234 e. The summed E-state index contributed by atoms with van der Waals surface area (Å²) in [7, 11) is 0. The fourth-order valence-electron chi connectivity index (χ4n) is 1.95. The van der Waals surface area contributed by atoms with Gasteiger partial charge >= 0.3 is 0 Å². The van der Waals surface area contributed by atoms with E-state index in [0.717, 1.165) is 26.1 Å². The predicted molar refractivity (Wildman–Crippen MR) is 83.2 cm³/mol. The second-order valence-corrected chi connectivity index (χ2v) is 5.54. The van der Waals surface area contributed by atoms with Gasteiger partial charge in [0.05, 0.1) is 6.54 Å². The van der Waals surface area contributed by atoms with Gasteiger partial charge in [-0.25, -0.2) is 0 Å². The largest absolute Gasteiger partial charge is 0.355 e. The Morgan fingerprint density at radius 1 is 1.30 bits per heavy atom. The monoisotopic (exact) mass is 277 g/mol. The Hall–Kier alpha value is -1.39. The van der Waals surface area contributed by atoms with Crippen LogP contribution in [0.25, 0.3) is 0 Å². The van der Waals surface area contributed by atoms with Gasteiger partial charge in [0.15, 0.2) is 0 Å². The van der Waals surface area contributed by atoms with Crippen LogP contribution in [0.15, 0.2) is 30.3 Å². The molecule has 0 saturated heterocycles. The maximum Gasteiger partial charge on any atom is 0.234 e. The first kappa shape index (κ1) is 16.7. The van der Waals surface area contributed by atoms with Crippen molar-refractivity contribution in [1.82, 2.24) is 10.2 Å². The number of carbonyl (C=O) groups excluding carboxylic acids is 1. The summed E-state index contributed by atoms with van der Waals surface area (Å²) in [6.45, 7) is 7.64. The van der Waals surface area contributed by atoms with E-state index < -0.39 is 0 Å².